The fraction of sp³-hybridized carbons (Fsp3) is 0.257. The minimum Gasteiger partial charge on any atom is -0.497 e. The summed E-state index contributed by atoms with van der Waals surface area (Å²) in [6, 6.07) is 25.2. The van der Waals surface area contributed by atoms with Crippen molar-refractivity contribution in [2.24, 2.45) is 5.92 Å². The molecule has 0 bridgehead atoms. The van der Waals surface area contributed by atoms with Crippen molar-refractivity contribution in [2.45, 2.75) is 37.8 Å². The minimum absolute atomic E-state index is 0.0612. The molecule has 2 amide bonds. The van der Waals surface area contributed by atoms with Crippen LogP contribution in [-0.2, 0) is 32.6 Å². The predicted molar refractivity (Wildman–Crippen MR) is 188 cm³/mol. The van der Waals surface area contributed by atoms with Crippen molar-refractivity contribution in [1.29, 1.82) is 0 Å². The molecular formula is C35H36Cl3N3O5S. The van der Waals surface area contributed by atoms with E-state index in [1.807, 2.05) is 44.2 Å². The number of anilines is 1. The third-order valence-corrected chi connectivity index (χ3v) is 9.94. The quantitative estimate of drug-likeness (QED) is 0.148. The number of rotatable bonds is 14. The van der Waals surface area contributed by atoms with Crippen LogP contribution in [0.25, 0.3) is 0 Å². The van der Waals surface area contributed by atoms with Crippen LogP contribution in [0.5, 0.6) is 5.75 Å². The highest BCUT2D eigenvalue weighted by Gasteiger charge is 2.35. The Hall–Kier alpha value is -3.76. The number of carbonyl (C=O) groups excluding carboxylic acids is 2. The van der Waals surface area contributed by atoms with Crippen LogP contribution in [0.3, 0.4) is 0 Å². The molecule has 0 heterocycles. The van der Waals surface area contributed by atoms with Crippen molar-refractivity contribution in [1.82, 2.24) is 10.2 Å². The first-order valence-corrected chi connectivity index (χ1v) is 17.4. The lowest BCUT2D eigenvalue weighted by atomic mass is 10.0. The van der Waals surface area contributed by atoms with Gasteiger partial charge in [-0.2, -0.15) is 0 Å². The molecule has 4 aromatic rings. The van der Waals surface area contributed by atoms with Gasteiger partial charge in [-0.1, -0.05) is 91.1 Å². The van der Waals surface area contributed by atoms with Crippen LogP contribution in [0, 0.1) is 5.92 Å². The molecule has 0 spiro atoms. The first-order valence-electron chi connectivity index (χ1n) is 14.9. The number of halogens is 3. The highest BCUT2D eigenvalue weighted by atomic mass is 35.5. The van der Waals surface area contributed by atoms with E-state index in [2.05, 4.69) is 5.32 Å². The lowest BCUT2D eigenvalue weighted by Gasteiger charge is -2.34. The largest absolute Gasteiger partial charge is 0.497 e. The maximum Gasteiger partial charge on any atom is 0.264 e. The van der Waals surface area contributed by atoms with E-state index in [1.165, 1.54) is 42.3 Å². The highest BCUT2D eigenvalue weighted by Crippen LogP contribution is 2.29. The zero-order valence-electron chi connectivity index (χ0n) is 26.2. The molecule has 8 nitrogen and oxygen atoms in total. The summed E-state index contributed by atoms with van der Waals surface area (Å²) in [7, 11) is -2.83. The monoisotopic (exact) mass is 715 g/mol. The summed E-state index contributed by atoms with van der Waals surface area (Å²) < 4.78 is 34.6. The van der Waals surface area contributed by atoms with Gasteiger partial charge in [0, 0.05) is 34.6 Å². The van der Waals surface area contributed by atoms with Crippen molar-refractivity contribution in [3.8, 4) is 5.75 Å². The average Bonchev–Trinajstić information content (AvgIpc) is 3.05. The first kappa shape index (κ1) is 36.1. The van der Waals surface area contributed by atoms with Crippen LogP contribution >= 0.6 is 34.8 Å². The van der Waals surface area contributed by atoms with Crippen molar-refractivity contribution in [2.75, 3.05) is 24.5 Å². The molecule has 1 N–H and O–H groups in total. The molecule has 248 valence electrons. The normalized spacial score (nSPS) is 12.0. The van der Waals surface area contributed by atoms with Crippen LogP contribution in [0.4, 0.5) is 5.69 Å². The number of amides is 2. The Bertz CT molecular complexity index is 1790. The molecule has 0 saturated carbocycles. The standard InChI is InChI=1S/C35H36Cl3N3O5S/c1-24(2)21-39-35(43)33(18-25-8-5-4-6-9-25)40(22-26-12-13-28(37)20-32(26)38)34(42)23-41(29-11-7-10-27(36)19-29)47(44,45)31-16-14-30(46-3)15-17-31/h4-17,19-20,24,33H,18,21-23H2,1-3H3,(H,39,43). The second-order valence-electron chi connectivity index (χ2n) is 11.3. The van der Waals surface area contributed by atoms with Gasteiger partial charge in [-0.15, -0.1) is 0 Å². The van der Waals surface area contributed by atoms with Gasteiger partial charge in [-0.3, -0.25) is 13.9 Å². The fourth-order valence-corrected chi connectivity index (χ4v) is 6.90. The van der Waals surface area contributed by atoms with Gasteiger partial charge in [0.05, 0.1) is 17.7 Å². The van der Waals surface area contributed by atoms with E-state index in [0.29, 0.717) is 27.9 Å². The summed E-state index contributed by atoms with van der Waals surface area (Å²) >= 11 is 19.0. The number of benzene rings is 4. The van der Waals surface area contributed by atoms with Gasteiger partial charge >= 0.3 is 0 Å². The van der Waals surface area contributed by atoms with Crippen molar-refractivity contribution < 1.29 is 22.7 Å². The van der Waals surface area contributed by atoms with Gasteiger partial charge in [0.15, 0.2) is 0 Å². The van der Waals surface area contributed by atoms with Gasteiger partial charge in [0.25, 0.3) is 10.0 Å². The number of carbonyl (C=O) groups is 2. The minimum atomic E-state index is -4.31. The van der Waals surface area contributed by atoms with Gasteiger partial charge in [-0.05, 0) is 71.6 Å². The van der Waals surface area contributed by atoms with Gasteiger partial charge in [0.1, 0.15) is 18.3 Å². The topological polar surface area (TPSA) is 96.0 Å². The summed E-state index contributed by atoms with van der Waals surface area (Å²) in [5.74, 6) is -0.391. The second-order valence-corrected chi connectivity index (χ2v) is 14.4. The Kier molecular flexibility index (Phi) is 12.6. The number of hydrogen-bond donors (Lipinski definition) is 1. The molecule has 12 heteroatoms. The number of ether oxygens (including phenoxy) is 1. The molecule has 0 saturated heterocycles. The Morgan fingerprint density at radius 3 is 2.15 bits per heavy atom. The predicted octanol–water partition coefficient (Wildman–Crippen LogP) is 7.26. The number of nitrogens with zero attached hydrogens (tertiary/aromatic N) is 2. The Morgan fingerprint density at radius 2 is 1.53 bits per heavy atom. The fourth-order valence-electron chi connectivity index (χ4n) is 4.84. The lowest BCUT2D eigenvalue weighted by Crippen LogP contribution is -2.53. The van der Waals surface area contributed by atoms with E-state index in [9.17, 15) is 18.0 Å². The molecular weight excluding hydrogens is 681 g/mol. The molecule has 0 radical (unpaired) electrons. The van der Waals surface area contributed by atoms with Crippen LogP contribution in [0.2, 0.25) is 15.1 Å². The van der Waals surface area contributed by atoms with Crippen LogP contribution in [0.1, 0.15) is 25.0 Å². The number of hydrogen-bond acceptors (Lipinski definition) is 5. The number of sulfonamides is 1. The average molecular weight is 717 g/mol. The van der Waals surface area contributed by atoms with E-state index in [-0.39, 0.29) is 40.4 Å². The molecule has 4 rings (SSSR count). The van der Waals surface area contributed by atoms with Crippen LogP contribution < -0.4 is 14.4 Å². The van der Waals surface area contributed by atoms with Crippen molar-refractivity contribution in [3.63, 3.8) is 0 Å². The lowest BCUT2D eigenvalue weighted by molar-refractivity contribution is -0.140. The van der Waals surface area contributed by atoms with E-state index in [0.717, 1.165) is 9.87 Å². The Balaban J connectivity index is 1.82. The van der Waals surface area contributed by atoms with Crippen molar-refractivity contribution >= 4 is 62.3 Å². The first-order chi connectivity index (χ1) is 22.4. The maximum atomic E-state index is 14.6. The third-order valence-electron chi connectivity index (χ3n) is 7.33. The van der Waals surface area contributed by atoms with Crippen LogP contribution in [-0.4, -0.2) is 51.4 Å². The van der Waals surface area contributed by atoms with Crippen LogP contribution in [0.15, 0.2) is 102 Å². The Labute approximate surface area is 291 Å². The zero-order chi connectivity index (χ0) is 34.1. The molecule has 4 aromatic carbocycles. The third kappa shape index (κ3) is 9.64. The SMILES string of the molecule is COc1ccc(S(=O)(=O)N(CC(=O)N(Cc2ccc(Cl)cc2Cl)C(Cc2ccccc2)C(=O)NCC(C)C)c2cccc(Cl)c2)cc1. The van der Waals surface area contributed by atoms with E-state index < -0.39 is 28.5 Å². The molecule has 1 atom stereocenters. The molecule has 0 fully saturated rings. The summed E-state index contributed by atoms with van der Waals surface area (Å²) in [5, 5.41) is 3.95. The number of methoxy groups -OCH3 is 1. The van der Waals surface area contributed by atoms with E-state index in [1.54, 1.807) is 36.4 Å². The Morgan fingerprint density at radius 1 is 0.851 bits per heavy atom. The summed E-state index contributed by atoms with van der Waals surface area (Å²) in [5.41, 5.74) is 1.52. The molecule has 47 heavy (non-hydrogen) atoms. The molecule has 1 unspecified atom stereocenters. The smallest absolute Gasteiger partial charge is 0.264 e. The zero-order valence-corrected chi connectivity index (χ0v) is 29.3. The second kappa shape index (κ2) is 16.4. The summed E-state index contributed by atoms with van der Waals surface area (Å²) in [4.78, 5) is 29.8. The summed E-state index contributed by atoms with van der Waals surface area (Å²) in [6.45, 7) is 3.59. The van der Waals surface area contributed by atoms with Gasteiger partial charge in [0.2, 0.25) is 11.8 Å². The molecule has 0 aliphatic rings. The molecule has 0 aliphatic carbocycles. The molecule has 0 aliphatic heterocycles. The molecule has 0 aromatic heterocycles. The maximum absolute atomic E-state index is 14.6. The summed E-state index contributed by atoms with van der Waals surface area (Å²) in [6.07, 6.45) is 0.171. The number of nitrogens with one attached hydrogen (secondary N) is 1. The highest BCUT2D eigenvalue weighted by molar-refractivity contribution is 7.92. The van der Waals surface area contributed by atoms with Crippen molar-refractivity contribution in [3.05, 3.63) is 123 Å². The van der Waals surface area contributed by atoms with Gasteiger partial charge < -0.3 is 15.0 Å². The van der Waals surface area contributed by atoms with E-state index >= 15 is 0 Å². The van der Waals surface area contributed by atoms with E-state index in [4.69, 9.17) is 39.5 Å². The van der Waals surface area contributed by atoms with Gasteiger partial charge in [-0.25, -0.2) is 8.42 Å².